The third kappa shape index (κ3) is 63.1. The van der Waals surface area contributed by atoms with E-state index in [1.165, 1.54) is 308 Å². The first-order chi connectivity index (χ1) is 38.0. The molecule has 0 radical (unpaired) electrons. The van der Waals surface area contributed by atoms with Gasteiger partial charge in [-0.3, -0.25) is 9.59 Å². The minimum absolute atomic E-state index is 0.0121. The zero-order chi connectivity index (χ0) is 55.7. The van der Waals surface area contributed by atoms with Crippen molar-refractivity contribution in [3.05, 3.63) is 36.5 Å². The van der Waals surface area contributed by atoms with Gasteiger partial charge < -0.3 is 20.3 Å². The summed E-state index contributed by atoms with van der Waals surface area (Å²) in [4.78, 5) is 24.6. The van der Waals surface area contributed by atoms with Crippen LogP contribution in [-0.2, 0) is 14.3 Å². The van der Waals surface area contributed by atoms with Gasteiger partial charge in [0.05, 0.1) is 25.4 Å². The molecule has 0 saturated heterocycles. The fourth-order valence-corrected chi connectivity index (χ4v) is 10.8. The fourth-order valence-electron chi connectivity index (χ4n) is 10.8. The molecule has 0 aliphatic heterocycles. The van der Waals surface area contributed by atoms with Crippen molar-refractivity contribution in [1.29, 1.82) is 0 Å². The molecule has 6 nitrogen and oxygen atoms in total. The van der Waals surface area contributed by atoms with Gasteiger partial charge in [-0.05, 0) is 83.5 Å². The summed E-state index contributed by atoms with van der Waals surface area (Å²) < 4.78 is 5.51. The number of rotatable bonds is 65. The molecule has 0 aromatic heterocycles. The molecule has 6 heteroatoms. The van der Waals surface area contributed by atoms with E-state index in [4.69, 9.17) is 4.74 Å². The minimum atomic E-state index is -0.848. The zero-order valence-corrected chi connectivity index (χ0v) is 52.0. The summed E-state index contributed by atoms with van der Waals surface area (Å²) in [7, 11) is 0. The molecule has 2 unspecified atom stereocenters. The topological polar surface area (TPSA) is 95.9 Å². The van der Waals surface area contributed by atoms with Gasteiger partial charge in [0.1, 0.15) is 0 Å². The van der Waals surface area contributed by atoms with Crippen molar-refractivity contribution in [1.82, 2.24) is 5.32 Å². The summed E-state index contributed by atoms with van der Waals surface area (Å²) in [5.74, 6) is -0.0580. The van der Waals surface area contributed by atoms with Gasteiger partial charge in [-0.15, -0.1) is 0 Å². The van der Waals surface area contributed by atoms with E-state index >= 15 is 0 Å². The highest BCUT2D eigenvalue weighted by Gasteiger charge is 2.18. The quantitative estimate of drug-likeness (QED) is 0.0320. The molecular weight excluding hydrogens is 947 g/mol. The number of aliphatic hydroxyl groups is 2. The predicted octanol–water partition coefficient (Wildman–Crippen LogP) is 22.3. The van der Waals surface area contributed by atoms with Crippen LogP contribution in [0.15, 0.2) is 36.5 Å². The van der Waals surface area contributed by atoms with Crippen molar-refractivity contribution in [2.45, 2.75) is 392 Å². The Balaban J connectivity index is 3.41. The summed E-state index contributed by atoms with van der Waals surface area (Å²) in [6.45, 7) is 4.93. The second-order valence-corrected chi connectivity index (χ2v) is 23.9. The Labute approximate surface area is 481 Å². The van der Waals surface area contributed by atoms with Gasteiger partial charge in [-0.25, -0.2) is 0 Å². The lowest BCUT2D eigenvalue weighted by molar-refractivity contribution is -0.143. The highest BCUT2D eigenvalue weighted by atomic mass is 16.5. The maximum Gasteiger partial charge on any atom is 0.305 e. The molecule has 1 amide bonds. The van der Waals surface area contributed by atoms with Crippen LogP contribution < -0.4 is 5.32 Å². The highest BCUT2D eigenvalue weighted by molar-refractivity contribution is 5.76. The van der Waals surface area contributed by atoms with Gasteiger partial charge in [0.2, 0.25) is 5.91 Å². The standard InChI is InChI=1S/C71H135NO5/c1-3-5-7-9-11-13-15-17-19-21-28-33-37-41-45-49-53-57-61-65-71(76)77-66-62-58-54-50-46-42-38-34-30-27-25-23-22-24-26-29-32-36-40-44-48-52-56-60-64-70(75)72-68(67-73)69(74)63-59-55-51-47-43-39-35-31-20-18-16-14-12-10-8-6-4-2/h17,19,24,26,59,63,68-69,73-74H,3-16,18,20-23,25,27-58,60-62,64-67H2,1-2H3,(H,72,75)/b19-17-,26-24-,63-59+. The van der Waals surface area contributed by atoms with Gasteiger partial charge in [0.25, 0.3) is 0 Å². The molecule has 0 fully saturated rings. The molecule has 2 atom stereocenters. The van der Waals surface area contributed by atoms with E-state index in [-0.39, 0.29) is 18.5 Å². The van der Waals surface area contributed by atoms with Crippen LogP contribution in [0.2, 0.25) is 0 Å². The summed E-state index contributed by atoms with van der Waals surface area (Å²) in [6, 6.07) is -0.632. The normalized spacial score (nSPS) is 12.7. The third-order valence-corrected chi connectivity index (χ3v) is 16.1. The molecule has 0 saturated carbocycles. The number of unbranched alkanes of at least 4 members (excludes halogenated alkanes) is 50. The maximum absolute atomic E-state index is 12.5. The molecule has 0 rings (SSSR count). The number of amides is 1. The number of aliphatic hydroxyl groups excluding tert-OH is 2. The van der Waals surface area contributed by atoms with Crippen molar-refractivity contribution < 1.29 is 24.5 Å². The molecule has 0 aliphatic rings. The van der Waals surface area contributed by atoms with Gasteiger partial charge in [-0.2, -0.15) is 0 Å². The van der Waals surface area contributed by atoms with Gasteiger partial charge in [-0.1, -0.05) is 320 Å². The number of nitrogens with one attached hydrogen (secondary N) is 1. The van der Waals surface area contributed by atoms with Crippen LogP contribution in [0, 0.1) is 0 Å². The van der Waals surface area contributed by atoms with Gasteiger partial charge >= 0.3 is 5.97 Å². The Hall–Kier alpha value is -1.92. The summed E-state index contributed by atoms with van der Waals surface area (Å²) in [5, 5.41) is 23.2. The van der Waals surface area contributed by atoms with Crippen LogP contribution in [0.4, 0.5) is 0 Å². The molecule has 0 aromatic rings. The molecule has 0 spiro atoms. The highest BCUT2D eigenvalue weighted by Crippen LogP contribution is 2.18. The lowest BCUT2D eigenvalue weighted by atomic mass is 10.0. The number of esters is 1. The average molecular weight is 1080 g/mol. The van der Waals surface area contributed by atoms with Crippen LogP contribution in [0.1, 0.15) is 380 Å². The van der Waals surface area contributed by atoms with Crippen molar-refractivity contribution in [3.8, 4) is 0 Å². The van der Waals surface area contributed by atoms with E-state index in [2.05, 4.69) is 43.5 Å². The minimum Gasteiger partial charge on any atom is -0.466 e. The second kappa shape index (κ2) is 66.6. The number of hydrogen-bond acceptors (Lipinski definition) is 5. The fraction of sp³-hybridized carbons (Fsp3) is 0.887. The van der Waals surface area contributed by atoms with Gasteiger partial charge in [0.15, 0.2) is 0 Å². The Bertz CT molecular complexity index is 1250. The van der Waals surface area contributed by atoms with Crippen molar-refractivity contribution in [2.24, 2.45) is 0 Å². The van der Waals surface area contributed by atoms with Crippen LogP contribution in [-0.4, -0.2) is 47.4 Å². The predicted molar refractivity (Wildman–Crippen MR) is 338 cm³/mol. The summed E-state index contributed by atoms with van der Waals surface area (Å²) in [6.07, 6.45) is 85.0. The molecule has 0 bridgehead atoms. The Morgan fingerprint density at radius 3 is 0.922 bits per heavy atom. The van der Waals surface area contributed by atoms with Crippen LogP contribution in [0.5, 0.6) is 0 Å². The molecule has 454 valence electrons. The molecule has 0 heterocycles. The molecule has 0 aliphatic carbocycles. The van der Waals surface area contributed by atoms with Crippen LogP contribution >= 0.6 is 0 Å². The Kier molecular flexibility index (Phi) is 64.9. The van der Waals surface area contributed by atoms with E-state index in [9.17, 15) is 19.8 Å². The van der Waals surface area contributed by atoms with E-state index < -0.39 is 12.1 Å². The van der Waals surface area contributed by atoms with Crippen molar-refractivity contribution in [2.75, 3.05) is 13.2 Å². The molecule has 77 heavy (non-hydrogen) atoms. The number of allylic oxidation sites excluding steroid dienone is 5. The summed E-state index contributed by atoms with van der Waals surface area (Å²) in [5.41, 5.74) is 0. The average Bonchev–Trinajstić information content (AvgIpc) is 3.43. The monoisotopic (exact) mass is 1080 g/mol. The third-order valence-electron chi connectivity index (χ3n) is 16.1. The largest absolute Gasteiger partial charge is 0.466 e. The van der Waals surface area contributed by atoms with Gasteiger partial charge in [0, 0.05) is 12.8 Å². The molecular formula is C71H135NO5. The lowest BCUT2D eigenvalue weighted by Crippen LogP contribution is -2.45. The maximum atomic E-state index is 12.5. The lowest BCUT2D eigenvalue weighted by Gasteiger charge is -2.20. The number of carbonyl (C=O) groups excluding carboxylic acids is 2. The number of hydrogen-bond donors (Lipinski definition) is 3. The first kappa shape index (κ1) is 75.1. The SMILES string of the molecule is CCCCCCCC/C=C\CCCCCCCCCCCC(=O)OCCCCCCCCCCCCCC/C=C\CCCCCCCCCCC(=O)NC(CO)C(O)/C=C/CCCCCCCCCCCCCCCCC. The Morgan fingerprint density at radius 2 is 0.610 bits per heavy atom. The molecule has 3 N–H and O–H groups in total. The summed E-state index contributed by atoms with van der Waals surface area (Å²) >= 11 is 0. The number of ether oxygens (including phenoxy) is 1. The van der Waals surface area contributed by atoms with Crippen LogP contribution in [0.25, 0.3) is 0 Å². The van der Waals surface area contributed by atoms with E-state index in [0.29, 0.717) is 19.4 Å². The zero-order valence-electron chi connectivity index (χ0n) is 52.0. The van der Waals surface area contributed by atoms with Crippen molar-refractivity contribution >= 4 is 11.9 Å². The van der Waals surface area contributed by atoms with E-state index in [1.807, 2.05) is 6.08 Å². The van der Waals surface area contributed by atoms with E-state index in [0.717, 1.165) is 44.9 Å². The van der Waals surface area contributed by atoms with E-state index in [1.54, 1.807) is 6.08 Å². The molecule has 0 aromatic carbocycles. The first-order valence-corrected chi connectivity index (χ1v) is 34.8. The first-order valence-electron chi connectivity index (χ1n) is 34.8. The second-order valence-electron chi connectivity index (χ2n) is 23.9. The van der Waals surface area contributed by atoms with Crippen molar-refractivity contribution in [3.63, 3.8) is 0 Å². The van der Waals surface area contributed by atoms with Crippen LogP contribution in [0.3, 0.4) is 0 Å². The smallest absolute Gasteiger partial charge is 0.305 e. The number of carbonyl (C=O) groups is 2. The Morgan fingerprint density at radius 1 is 0.351 bits per heavy atom.